The van der Waals surface area contributed by atoms with Crippen LogP contribution in [-0.4, -0.2) is 85.7 Å². The van der Waals surface area contributed by atoms with Crippen LogP contribution >= 0.6 is 11.8 Å². The molecule has 30 heavy (non-hydrogen) atoms. The van der Waals surface area contributed by atoms with Gasteiger partial charge in [0.05, 0.1) is 0 Å². The second-order valence-electron chi connectivity index (χ2n) is 7.47. The zero-order valence-corrected chi connectivity index (χ0v) is 20.5. The van der Waals surface area contributed by atoms with Gasteiger partial charge in [0.15, 0.2) is 0 Å². The SMILES string of the molecule is CSCC[C@H](N[Se]C(=O)[C@H](CCCCN)NC(=O)OC(C)(C)C)C(=O)NCC(=O)O. The number of nitrogens with one attached hydrogen (secondary N) is 3. The summed E-state index contributed by atoms with van der Waals surface area (Å²) >= 11 is 0.740. The monoisotopic (exact) mass is 514 g/mol. The van der Waals surface area contributed by atoms with Crippen LogP contribution in [0.15, 0.2) is 0 Å². The van der Waals surface area contributed by atoms with E-state index in [0.717, 1.165) is 0 Å². The zero-order chi connectivity index (χ0) is 23.2. The summed E-state index contributed by atoms with van der Waals surface area (Å²) in [4.78, 5) is 47.7. The van der Waals surface area contributed by atoms with Gasteiger partial charge in [-0.2, -0.15) is 0 Å². The molecular weight excluding hydrogens is 479 g/mol. The van der Waals surface area contributed by atoms with E-state index < -0.39 is 57.4 Å². The fourth-order valence-corrected chi connectivity index (χ4v) is 4.31. The number of aliphatic carboxylic acids is 1. The first-order valence-corrected chi connectivity index (χ1v) is 12.7. The van der Waals surface area contributed by atoms with Gasteiger partial charge in [-0.25, -0.2) is 0 Å². The molecule has 10 nitrogen and oxygen atoms in total. The van der Waals surface area contributed by atoms with Crippen molar-refractivity contribution >= 4 is 49.6 Å². The fraction of sp³-hybridized carbons (Fsp3) is 0.778. The van der Waals surface area contributed by atoms with Gasteiger partial charge in [-0.1, -0.05) is 0 Å². The van der Waals surface area contributed by atoms with Crippen LogP contribution in [-0.2, 0) is 19.1 Å². The molecule has 0 saturated carbocycles. The summed E-state index contributed by atoms with van der Waals surface area (Å²) in [6.45, 7) is 5.19. The van der Waals surface area contributed by atoms with Crippen LogP contribution in [0.1, 0.15) is 46.5 Å². The number of carbonyl (C=O) groups is 4. The summed E-state index contributed by atoms with van der Waals surface area (Å²) in [6, 6.07) is -1.44. The number of hydrogen-bond acceptors (Lipinski definition) is 8. The Kier molecular flexibility index (Phi) is 14.8. The Balaban J connectivity index is 4.97. The Labute approximate surface area is 188 Å². The van der Waals surface area contributed by atoms with Crippen molar-refractivity contribution in [3.05, 3.63) is 0 Å². The van der Waals surface area contributed by atoms with Crippen LogP contribution < -0.4 is 20.7 Å². The standard InChI is InChI=1S/C18H34N4O6SSe/c1-18(2,3)28-17(27)21-13(7-5-6-9-19)16(26)30-22-12(8-10-29-4)15(25)20-11-14(23)24/h12-13,22H,5-11,19H2,1-4H3,(H,20,25)(H,21,27)(H,23,24)/t12-,13-/m0/s1. The van der Waals surface area contributed by atoms with E-state index in [1.165, 1.54) is 11.8 Å². The van der Waals surface area contributed by atoms with Crippen LogP contribution in [0.5, 0.6) is 0 Å². The number of unbranched alkanes of at least 4 members (excludes halogenated alkanes) is 1. The molecule has 0 unspecified atom stereocenters. The van der Waals surface area contributed by atoms with Crippen molar-refractivity contribution in [3.8, 4) is 0 Å². The van der Waals surface area contributed by atoms with Gasteiger partial charge in [0.2, 0.25) is 0 Å². The number of alkyl carbamates (subject to hydrolysis) is 1. The number of hydrogen-bond donors (Lipinski definition) is 5. The molecule has 0 saturated heterocycles. The van der Waals surface area contributed by atoms with E-state index in [4.69, 9.17) is 15.6 Å². The van der Waals surface area contributed by atoms with Crippen molar-refractivity contribution < 1.29 is 29.0 Å². The Morgan fingerprint density at radius 3 is 2.33 bits per heavy atom. The molecule has 0 spiro atoms. The molecule has 2 atom stereocenters. The number of amides is 2. The van der Waals surface area contributed by atoms with Gasteiger partial charge in [0.25, 0.3) is 0 Å². The topological polar surface area (TPSA) is 160 Å². The fourth-order valence-electron chi connectivity index (χ4n) is 2.16. The molecule has 0 aromatic heterocycles. The summed E-state index contributed by atoms with van der Waals surface area (Å²) in [7, 11) is 0. The summed E-state index contributed by atoms with van der Waals surface area (Å²) in [5, 5.41) is 13.7. The van der Waals surface area contributed by atoms with E-state index in [9.17, 15) is 19.2 Å². The van der Waals surface area contributed by atoms with Gasteiger partial charge in [-0.05, 0) is 0 Å². The van der Waals surface area contributed by atoms with Crippen molar-refractivity contribution in [1.29, 1.82) is 0 Å². The molecule has 0 heterocycles. The van der Waals surface area contributed by atoms with Gasteiger partial charge >= 0.3 is 189 Å². The van der Waals surface area contributed by atoms with E-state index in [1.807, 2.05) is 6.26 Å². The molecule has 0 aromatic carbocycles. The van der Waals surface area contributed by atoms with Gasteiger partial charge < -0.3 is 0 Å². The van der Waals surface area contributed by atoms with Gasteiger partial charge in [-0.3, -0.25) is 0 Å². The molecule has 0 radical (unpaired) electrons. The maximum absolute atomic E-state index is 12.7. The second-order valence-corrected chi connectivity index (χ2v) is 10.2. The van der Waals surface area contributed by atoms with E-state index in [-0.39, 0.29) is 4.68 Å². The number of carboxylic acids is 1. The Hall–Kier alpha value is -1.33. The van der Waals surface area contributed by atoms with Gasteiger partial charge in [0.1, 0.15) is 0 Å². The minimum atomic E-state index is -1.14. The first-order valence-electron chi connectivity index (χ1n) is 9.64. The zero-order valence-electron chi connectivity index (χ0n) is 18.0. The molecule has 0 aliphatic rings. The summed E-state index contributed by atoms with van der Waals surface area (Å²) in [6.07, 6.45) is 3.45. The quantitative estimate of drug-likeness (QED) is 0.151. The number of ether oxygens (including phenoxy) is 1. The van der Waals surface area contributed by atoms with Crippen LogP contribution in [0.3, 0.4) is 0 Å². The predicted octanol–water partition coefficient (Wildman–Crippen LogP) is 0.0666. The summed E-state index contributed by atoms with van der Waals surface area (Å²) < 4.78 is 7.95. The minimum absolute atomic E-state index is 0.231. The average molecular weight is 514 g/mol. The molecular formula is C18H34N4O6SSe. The number of carboxylic acid groups (broad SMARTS) is 1. The number of carbonyl (C=O) groups excluding carboxylic acids is 3. The molecule has 12 heteroatoms. The third-order valence-corrected chi connectivity index (χ3v) is 6.07. The Morgan fingerprint density at radius 1 is 1.13 bits per heavy atom. The van der Waals surface area contributed by atoms with Crippen molar-refractivity contribution in [1.82, 2.24) is 15.0 Å². The third-order valence-electron chi connectivity index (χ3n) is 3.57. The summed E-state index contributed by atoms with van der Waals surface area (Å²) in [5.41, 5.74) is 4.82. The van der Waals surface area contributed by atoms with E-state index in [1.54, 1.807) is 20.8 Å². The van der Waals surface area contributed by atoms with Crippen molar-refractivity contribution in [2.45, 2.75) is 64.1 Å². The van der Waals surface area contributed by atoms with Crippen LogP contribution in [0.4, 0.5) is 4.79 Å². The maximum atomic E-state index is 12.7. The van der Waals surface area contributed by atoms with E-state index in [0.29, 0.717) is 38.0 Å². The van der Waals surface area contributed by atoms with Crippen LogP contribution in [0, 0.1) is 0 Å². The average Bonchev–Trinajstić information content (AvgIpc) is 2.63. The van der Waals surface area contributed by atoms with Crippen LogP contribution in [0.25, 0.3) is 0 Å². The van der Waals surface area contributed by atoms with Crippen LogP contribution in [0.2, 0.25) is 0 Å². The van der Waals surface area contributed by atoms with E-state index in [2.05, 4.69) is 15.0 Å². The molecule has 174 valence electrons. The first kappa shape index (κ1) is 28.7. The van der Waals surface area contributed by atoms with E-state index >= 15 is 0 Å². The van der Waals surface area contributed by atoms with Gasteiger partial charge in [-0.15, -0.1) is 0 Å². The third kappa shape index (κ3) is 14.6. The van der Waals surface area contributed by atoms with Gasteiger partial charge in [0, 0.05) is 0 Å². The molecule has 0 bridgehead atoms. The van der Waals surface area contributed by atoms with Crippen molar-refractivity contribution in [3.63, 3.8) is 0 Å². The number of rotatable bonds is 15. The molecule has 0 aliphatic heterocycles. The molecule has 0 fully saturated rings. The van der Waals surface area contributed by atoms with Crippen molar-refractivity contribution in [2.24, 2.45) is 5.73 Å². The Bertz CT molecular complexity index is 573. The molecule has 2 amide bonds. The normalized spacial score (nSPS) is 13.2. The summed E-state index contributed by atoms with van der Waals surface area (Å²) in [5.74, 6) is -0.950. The molecule has 0 aromatic rings. The molecule has 0 aliphatic carbocycles. The predicted molar refractivity (Wildman–Crippen MR) is 117 cm³/mol. The number of nitrogens with two attached hydrogens (primary N) is 1. The molecule has 0 rings (SSSR count). The Morgan fingerprint density at radius 2 is 1.80 bits per heavy atom. The number of thioether (sulfide) groups is 1. The first-order chi connectivity index (χ1) is 14.0. The van der Waals surface area contributed by atoms with Crippen molar-refractivity contribution in [2.75, 3.05) is 25.1 Å². The second kappa shape index (κ2) is 15.5. The molecule has 6 N–H and O–H groups in total.